The fraction of sp³-hybridized carbons (Fsp3) is 0.333. The number of anilines is 1. The van der Waals surface area contributed by atoms with E-state index in [1.54, 1.807) is 23.6 Å². The number of nitrogens with zero attached hydrogens (tertiary/aromatic N) is 2. The van der Waals surface area contributed by atoms with E-state index in [0.29, 0.717) is 32.6 Å². The normalized spacial score (nSPS) is 11.1. The van der Waals surface area contributed by atoms with Gasteiger partial charge in [-0.1, -0.05) is 26.0 Å². The molecule has 2 aromatic heterocycles. The topological polar surface area (TPSA) is 91.8 Å². The van der Waals surface area contributed by atoms with E-state index < -0.39 is 0 Å². The maximum absolute atomic E-state index is 12.7. The summed E-state index contributed by atoms with van der Waals surface area (Å²) in [5, 5.41) is 14.9. The molecule has 0 aliphatic heterocycles. The molecular weight excluding hydrogens is 418 g/mol. The van der Waals surface area contributed by atoms with E-state index in [2.05, 4.69) is 34.7 Å². The monoisotopic (exact) mass is 443 g/mol. The summed E-state index contributed by atoms with van der Waals surface area (Å²) < 4.78 is 2.37. The lowest BCUT2D eigenvalue weighted by atomic mass is 10.0. The first-order valence-corrected chi connectivity index (χ1v) is 11.0. The van der Waals surface area contributed by atoms with Crippen LogP contribution in [0.2, 0.25) is 0 Å². The van der Waals surface area contributed by atoms with E-state index >= 15 is 0 Å². The summed E-state index contributed by atoms with van der Waals surface area (Å²) in [4.78, 5) is 25.3. The summed E-state index contributed by atoms with van der Waals surface area (Å²) in [5.41, 5.74) is 2.13. The molecule has 2 amide bonds. The highest BCUT2D eigenvalue weighted by Crippen LogP contribution is 2.24. The first kappa shape index (κ1) is 21.9. The smallest absolute Gasteiger partial charge is 0.256 e. The van der Waals surface area contributed by atoms with E-state index in [1.165, 1.54) is 16.9 Å². The number of benzene rings is 1. The molecule has 158 valence electrons. The number of carbonyl (C=O) groups excluding carboxylic acids is 2. The van der Waals surface area contributed by atoms with Gasteiger partial charge in [0.2, 0.25) is 0 Å². The van der Waals surface area contributed by atoms with Crippen molar-refractivity contribution in [3.8, 4) is 0 Å². The molecule has 0 fully saturated rings. The maximum atomic E-state index is 12.7. The van der Waals surface area contributed by atoms with Crippen LogP contribution in [-0.2, 0) is 6.54 Å². The lowest BCUT2D eigenvalue weighted by Gasteiger charge is -2.11. The van der Waals surface area contributed by atoms with Crippen LogP contribution in [-0.4, -0.2) is 26.6 Å². The Balaban J connectivity index is 1.68. The third-order valence-electron chi connectivity index (χ3n) is 4.68. The summed E-state index contributed by atoms with van der Waals surface area (Å²) in [5.74, 6) is 0.512. The number of H-pyrrole nitrogens is 1. The molecule has 2 heterocycles. The summed E-state index contributed by atoms with van der Waals surface area (Å²) in [6.45, 7) is 8.43. The van der Waals surface area contributed by atoms with Crippen LogP contribution in [0.3, 0.4) is 0 Å². The second-order valence-electron chi connectivity index (χ2n) is 7.49. The van der Waals surface area contributed by atoms with Gasteiger partial charge in [0.1, 0.15) is 5.00 Å². The van der Waals surface area contributed by atoms with Gasteiger partial charge in [0.05, 0.1) is 12.1 Å². The minimum absolute atomic E-state index is 0.126. The molecule has 9 heteroatoms. The highest BCUT2D eigenvalue weighted by atomic mass is 32.1. The summed E-state index contributed by atoms with van der Waals surface area (Å²) in [7, 11) is 0. The van der Waals surface area contributed by atoms with Crippen molar-refractivity contribution in [3.05, 3.63) is 63.0 Å². The number of carbonyl (C=O) groups is 2. The Morgan fingerprint density at radius 3 is 2.47 bits per heavy atom. The molecule has 3 rings (SSSR count). The molecule has 0 aliphatic carbocycles. The van der Waals surface area contributed by atoms with Crippen molar-refractivity contribution >= 4 is 40.4 Å². The molecule has 0 atom stereocenters. The Labute approximate surface area is 184 Å². The Kier molecular flexibility index (Phi) is 6.84. The van der Waals surface area contributed by atoms with E-state index in [0.717, 1.165) is 0 Å². The zero-order valence-corrected chi connectivity index (χ0v) is 19.0. The fourth-order valence-electron chi connectivity index (χ4n) is 3.03. The first-order chi connectivity index (χ1) is 14.3. The highest BCUT2D eigenvalue weighted by molar-refractivity contribution is 7.71. The standard InChI is InChI=1S/C21H25N5O2S2/c1-12(2)14-5-7-15(8-6-14)18(27)23-20-16(9-10-30-20)19(28)22-11-17-24-25-21(29)26(17)13(3)4/h5-10,12-13H,11H2,1-4H3,(H,22,28)(H,23,27)(H,25,29). The second-order valence-corrected chi connectivity index (χ2v) is 8.79. The Morgan fingerprint density at radius 1 is 1.13 bits per heavy atom. The minimum Gasteiger partial charge on any atom is -0.345 e. The largest absolute Gasteiger partial charge is 0.345 e. The number of aromatic nitrogens is 3. The number of nitrogens with one attached hydrogen (secondary N) is 3. The Hall–Kier alpha value is -2.78. The fourth-order valence-corrected chi connectivity index (χ4v) is 4.17. The molecule has 0 radical (unpaired) electrons. The van der Waals surface area contributed by atoms with Gasteiger partial charge >= 0.3 is 0 Å². The van der Waals surface area contributed by atoms with Crippen molar-refractivity contribution < 1.29 is 9.59 Å². The second kappa shape index (κ2) is 9.36. The number of rotatable bonds is 7. The van der Waals surface area contributed by atoms with Gasteiger partial charge in [-0.3, -0.25) is 14.7 Å². The Morgan fingerprint density at radius 2 is 1.83 bits per heavy atom. The molecule has 0 saturated heterocycles. The number of aromatic amines is 1. The number of hydrogen-bond donors (Lipinski definition) is 3. The summed E-state index contributed by atoms with van der Waals surface area (Å²) >= 11 is 6.54. The van der Waals surface area contributed by atoms with Crippen LogP contribution in [0.25, 0.3) is 0 Å². The molecule has 1 aromatic carbocycles. The molecule has 0 bridgehead atoms. The van der Waals surface area contributed by atoms with Crippen LogP contribution >= 0.6 is 23.6 Å². The minimum atomic E-state index is -0.286. The Bertz CT molecular complexity index is 1090. The van der Waals surface area contributed by atoms with E-state index in [9.17, 15) is 9.59 Å². The van der Waals surface area contributed by atoms with Crippen molar-refractivity contribution in [1.29, 1.82) is 0 Å². The summed E-state index contributed by atoms with van der Waals surface area (Å²) in [6.07, 6.45) is 0. The lowest BCUT2D eigenvalue weighted by molar-refractivity contribution is 0.0950. The molecule has 3 aromatic rings. The van der Waals surface area contributed by atoms with Gasteiger partial charge < -0.3 is 15.2 Å². The quantitative estimate of drug-likeness (QED) is 0.454. The zero-order chi connectivity index (χ0) is 21.8. The predicted molar refractivity (Wildman–Crippen MR) is 122 cm³/mol. The van der Waals surface area contributed by atoms with Gasteiger partial charge in [-0.15, -0.1) is 11.3 Å². The van der Waals surface area contributed by atoms with Gasteiger partial charge in [0.25, 0.3) is 11.8 Å². The molecule has 0 aliphatic rings. The molecule has 3 N–H and O–H groups in total. The molecule has 0 spiro atoms. The predicted octanol–water partition coefficient (Wildman–Crippen LogP) is 4.89. The lowest BCUT2D eigenvalue weighted by Crippen LogP contribution is -2.26. The van der Waals surface area contributed by atoms with Crippen molar-refractivity contribution in [2.75, 3.05) is 5.32 Å². The van der Waals surface area contributed by atoms with Crippen LogP contribution in [0, 0.1) is 4.77 Å². The maximum Gasteiger partial charge on any atom is 0.256 e. The average molecular weight is 444 g/mol. The van der Waals surface area contributed by atoms with Gasteiger partial charge in [-0.2, -0.15) is 5.10 Å². The van der Waals surface area contributed by atoms with Crippen LogP contribution in [0.5, 0.6) is 0 Å². The third-order valence-corrected chi connectivity index (χ3v) is 5.80. The number of amides is 2. The summed E-state index contributed by atoms with van der Waals surface area (Å²) in [6, 6.07) is 9.31. The number of thiophene rings is 1. The van der Waals surface area contributed by atoms with Crippen LogP contribution in [0.1, 0.15) is 71.8 Å². The van der Waals surface area contributed by atoms with Gasteiger partial charge in [0, 0.05) is 11.6 Å². The molecule has 30 heavy (non-hydrogen) atoms. The van der Waals surface area contributed by atoms with E-state index in [1.807, 2.05) is 30.5 Å². The van der Waals surface area contributed by atoms with Crippen molar-refractivity contribution in [1.82, 2.24) is 20.1 Å². The molecule has 0 unspecified atom stereocenters. The number of hydrogen-bond acceptors (Lipinski definition) is 5. The van der Waals surface area contributed by atoms with Crippen molar-refractivity contribution in [3.63, 3.8) is 0 Å². The SMILES string of the molecule is CC(C)c1ccc(C(=O)Nc2sccc2C(=O)NCc2n[nH]c(=S)n2C(C)C)cc1. The molecule has 7 nitrogen and oxygen atoms in total. The molecular formula is C21H25N5O2S2. The van der Waals surface area contributed by atoms with Gasteiger partial charge in [-0.05, 0) is 61.1 Å². The van der Waals surface area contributed by atoms with Crippen LogP contribution in [0.15, 0.2) is 35.7 Å². The molecule has 0 saturated carbocycles. The van der Waals surface area contributed by atoms with E-state index in [-0.39, 0.29) is 24.4 Å². The van der Waals surface area contributed by atoms with Gasteiger partial charge in [-0.25, -0.2) is 0 Å². The highest BCUT2D eigenvalue weighted by Gasteiger charge is 2.17. The van der Waals surface area contributed by atoms with Crippen molar-refractivity contribution in [2.24, 2.45) is 0 Å². The first-order valence-electron chi connectivity index (χ1n) is 9.70. The van der Waals surface area contributed by atoms with Crippen molar-refractivity contribution in [2.45, 2.75) is 46.2 Å². The van der Waals surface area contributed by atoms with Gasteiger partial charge in [0.15, 0.2) is 10.6 Å². The third kappa shape index (κ3) is 4.85. The van der Waals surface area contributed by atoms with Crippen LogP contribution < -0.4 is 10.6 Å². The van der Waals surface area contributed by atoms with E-state index in [4.69, 9.17) is 12.2 Å². The zero-order valence-electron chi connectivity index (χ0n) is 17.4. The van der Waals surface area contributed by atoms with Crippen LogP contribution in [0.4, 0.5) is 5.00 Å². The average Bonchev–Trinajstić information content (AvgIpc) is 3.32.